The highest BCUT2D eigenvalue weighted by atomic mass is 35.5. The summed E-state index contributed by atoms with van der Waals surface area (Å²) in [6.07, 6.45) is 0. The van der Waals surface area contributed by atoms with Gasteiger partial charge in [0.1, 0.15) is 5.75 Å². The number of anilines is 1. The number of ether oxygens (including phenoxy) is 1. The fraction of sp³-hybridized carbons (Fsp3) is 0.278. The van der Waals surface area contributed by atoms with Crippen LogP contribution in [-0.4, -0.2) is 17.7 Å². The molecule has 0 saturated carbocycles. The molecule has 2 aromatic rings. The van der Waals surface area contributed by atoms with E-state index >= 15 is 0 Å². The van der Waals surface area contributed by atoms with Crippen LogP contribution in [0.15, 0.2) is 48.5 Å². The summed E-state index contributed by atoms with van der Waals surface area (Å²) in [6.45, 7) is 3.90. The van der Waals surface area contributed by atoms with Crippen LogP contribution in [0.5, 0.6) is 5.75 Å². The van der Waals surface area contributed by atoms with Gasteiger partial charge in [-0.15, -0.1) is 0 Å². The molecule has 0 aromatic heterocycles. The molecular formula is C18H20ClNO3. The highest BCUT2D eigenvalue weighted by Crippen LogP contribution is 2.32. The third-order valence-electron chi connectivity index (χ3n) is 3.60. The third-order valence-corrected chi connectivity index (χ3v) is 3.85. The highest BCUT2D eigenvalue weighted by molar-refractivity contribution is 6.30. The largest absolute Gasteiger partial charge is 0.506 e. The molecule has 0 radical (unpaired) electrons. The molecule has 0 bridgehead atoms. The molecule has 0 aliphatic heterocycles. The van der Waals surface area contributed by atoms with Gasteiger partial charge in [-0.25, -0.2) is 0 Å². The van der Waals surface area contributed by atoms with Crippen molar-refractivity contribution in [3.63, 3.8) is 0 Å². The summed E-state index contributed by atoms with van der Waals surface area (Å²) in [6, 6.07) is 13.8. The van der Waals surface area contributed by atoms with E-state index in [1.165, 1.54) is 0 Å². The maximum Gasteiger partial charge on any atom is 0.311 e. The van der Waals surface area contributed by atoms with Gasteiger partial charge in [0.2, 0.25) is 0 Å². The van der Waals surface area contributed by atoms with E-state index in [1.807, 2.05) is 18.2 Å². The number of hydrogen-bond acceptors (Lipinski definition) is 4. The van der Waals surface area contributed by atoms with Gasteiger partial charge in [0.05, 0.1) is 24.3 Å². The van der Waals surface area contributed by atoms with Crippen molar-refractivity contribution in [3.8, 4) is 5.75 Å². The molecule has 0 aliphatic carbocycles. The quantitative estimate of drug-likeness (QED) is 0.607. The smallest absolute Gasteiger partial charge is 0.311 e. The molecule has 1 unspecified atom stereocenters. The lowest BCUT2D eigenvalue weighted by molar-refractivity contribution is -0.147. The van der Waals surface area contributed by atoms with Gasteiger partial charge < -0.3 is 15.2 Å². The minimum absolute atomic E-state index is 0.127. The minimum Gasteiger partial charge on any atom is -0.506 e. The van der Waals surface area contributed by atoms with Crippen LogP contribution in [0.1, 0.15) is 25.5 Å². The van der Waals surface area contributed by atoms with Gasteiger partial charge in [-0.1, -0.05) is 35.9 Å². The van der Waals surface area contributed by atoms with Crippen molar-refractivity contribution < 1.29 is 14.6 Å². The van der Waals surface area contributed by atoms with E-state index in [9.17, 15) is 9.90 Å². The maximum atomic E-state index is 12.1. The number of para-hydroxylation sites is 2. The van der Waals surface area contributed by atoms with Crippen LogP contribution in [0, 0.1) is 5.92 Å². The van der Waals surface area contributed by atoms with E-state index in [0.717, 1.165) is 5.56 Å². The van der Waals surface area contributed by atoms with Crippen molar-refractivity contribution in [3.05, 3.63) is 59.1 Å². The van der Waals surface area contributed by atoms with E-state index in [4.69, 9.17) is 16.3 Å². The summed E-state index contributed by atoms with van der Waals surface area (Å²) < 4.78 is 5.13. The fourth-order valence-corrected chi connectivity index (χ4v) is 2.47. The maximum absolute atomic E-state index is 12.1. The monoisotopic (exact) mass is 333 g/mol. The lowest BCUT2D eigenvalue weighted by Gasteiger charge is -2.25. The Balaban J connectivity index is 2.32. The van der Waals surface area contributed by atoms with Crippen molar-refractivity contribution >= 4 is 23.3 Å². The van der Waals surface area contributed by atoms with Gasteiger partial charge >= 0.3 is 5.97 Å². The Morgan fingerprint density at radius 2 is 1.87 bits per heavy atom. The molecule has 2 atom stereocenters. The van der Waals surface area contributed by atoms with Crippen LogP contribution in [0.2, 0.25) is 5.02 Å². The fourth-order valence-electron chi connectivity index (χ4n) is 2.34. The average molecular weight is 334 g/mol. The molecule has 5 heteroatoms. The number of hydrogen-bond donors (Lipinski definition) is 2. The summed E-state index contributed by atoms with van der Waals surface area (Å²) in [7, 11) is 0. The first-order valence-electron chi connectivity index (χ1n) is 7.49. The molecule has 23 heavy (non-hydrogen) atoms. The lowest BCUT2D eigenvalue weighted by Crippen LogP contribution is -2.27. The standard InChI is InChI=1S/C18H20ClNO3/c1-3-23-18(22)12(2)17(13-8-10-14(19)11-9-13)20-15-6-4-5-7-16(15)21/h4-12,17,20-21H,3H2,1-2H3/t12-,17?/m1/s1. The zero-order valence-corrected chi connectivity index (χ0v) is 13.9. The predicted octanol–water partition coefficient (Wildman–Crippen LogP) is 4.40. The van der Waals surface area contributed by atoms with Gasteiger partial charge in [-0.2, -0.15) is 0 Å². The molecule has 0 amide bonds. The Morgan fingerprint density at radius 3 is 2.48 bits per heavy atom. The van der Waals surface area contributed by atoms with Crippen LogP contribution >= 0.6 is 11.6 Å². The molecule has 2 N–H and O–H groups in total. The topological polar surface area (TPSA) is 58.6 Å². The number of phenolic OH excluding ortho intramolecular Hbond substituents is 1. The molecule has 0 saturated heterocycles. The van der Waals surface area contributed by atoms with Gasteiger partial charge in [0.15, 0.2) is 0 Å². The predicted molar refractivity (Wildman–Crippen MR) is 91.7 cm³/mol. The normalized spacial score (nSPS) is 13.2. The Hall–Kier alpha value is -2.20. The Bertz CT molecular complexity index is 658. The Morgan fingerprint density at radius 1 is 1.22 bits per heavy atom. The first-order chi connectivity index (χ1) is 11.0. The van der Waals surface area contributed by atoms with Gasteiger partial charge in [0.25, 0.3) is 0 Å². The molecule has 4 nitrogen and oxygen atoms in total. The number of phenols is 1. The van der Waals surface area contributed by atoms with E-state index < -0.39 is 5.92 Å². The van der Waals surface area contributed by atoms with Gasteiger partial charge in [-0.3, -0.25) is 4.79 Å². The second-order valence-electron chi connectivity index (χ2n) is 5.23. The van der Waals surface area contributed by atoms with Crippen molar-refractivity contribution in [2.45, 2.75) is 19.9 Å². The summed E-state index contributed by atoms with van der Waals surface area (Å²) in [5.41, 5.74) is 1.45. The molecule has 2 aromatic carbocycles. The van der Waals surface area contributed by atoms with Crippen molar-refractivity contribution in [2.75, 3.05) is 11.9 Å². The van der Waals surface area contributed by atoms with E-state index in [0.29, 0.717) is 17.3 Å². The summed E-state index contributed by atoms with van der Waals surface area (Å²) in [5.74, 6) is -0.603. The van der Waals surface area contributed by atoms with Gasteiger partial charge in [-0.05, 0) is 43.7 Å². The van der Waals surface area contributed by atoms with E-state index in [2.05, 4.69) is 5.32 Å². The molecule has 0 aliphatic rings. The highest BCUT2D eigenvalue weighted by Gasteiger charge is 2.27. The van der Waals surface area contributed by atoms with Crippen molar-refractivity contribution in [2.24, 2.45) is 5.92 Å². The number of aromatic hydroxyl groups is 1. The first-order valence-corrected chi connectivity index (χ1v) is 7.87. The SMILES string of the molecule is CCOC(=O)[C@H](C)C(Nc1ccccc1O)c1ccc(Cl)cc1. The number of nitrogens with one attached hydrogen (secondary N) is 1. The van der Waals surface area contributed by atoms with Crippen LogP contribution in [0.4, 0.5) is 5.69 Å². The molecule has 0 fully saturated rings. The van der Waals surface area contributed by atoms with E-state index in [-0.39, 0.29) is 17.8 Å². The third kappa shape index (κ3) is 4.39. The molecule has 0 heterocycles. The summed E-state index contributed by atoms with van der Waals surface area (Å²) in [5, 5.41) is 13.8. The Kier molecular flexibility index (Phi) is 5.88. The van der Waals surface area contributed by atoms with Crippen LogP contribution in [0.25, 0.3) is 0 Å². The van der Waals surface area contributed by atoms with Crippen molar-refractivity contribution in [1.82, 2.24) is 0 Å². The van der Waals surface area contributed by atoms with Crippen LogP contribution in [-0.2, 0) is 9.53 Å². The summed E-state index contributed by atoms with van der Waals surface area (Å²) >= 11 is 5.94. The summed E-state index contributed by atoms with van der Waals surface area (Å²) in [4.78, 5) is 12.1. The minimum atomic E-state index is -0.435. The number of carbonyl (C=O) groups excluding carboxylic acids is 1. The number of rotatable bonds is 6. The Labute approximate surface area is 141 Å². The van der Waals surface area contributed by atoms with E-state index in [1.54, 1.807) is 44.2 Å². The first kappa shape index (κ1) is 17.2. The molecule has 0 spiro atoms. The van der Waals surface area contributed by atoms with Crippen LogP contribution in [0.3, 0.4) is 0 Å². The second-order valence-corrected chi connectivity index (χ2v) is 5.67. The average Bonchev–Trinajstić information content (AvgIpc) is 2.55. The second kappa shape index (κ2) is 7.88. The number of esters is 1. The zero-order valence-electron chi connectivity index (χ0n) is 13.1. The molecular weight excluding hydrogens is 314 g/mol. The number of halogens is 1. The number of benzene rings is 2. The molecule has 2 rings (SSSR count). The molecule has 122 valence electrons. The van der Waals surface area contributed by atoms with Crippen LogP contribution < -0.4 is 5.32 Å². The number of carbonyl (C=O) groups is 1. The van der Waals surface area contributed by atoms with Gasteiger partial charge in [0, 0.05) is 5.02 Å². The van der Waals surface area contributed by atoms with Crippen molar-refractivity contribution in [1.29, 1.82) is 0 Å². The lowest BCUT2D eigenvalue weighted by atomic mass is 9.94. The zero-order chi connectivity index (χ0) is 16.8.